The molecule has 0 aromatic heterocycles. The zero-order valence-corrected chi connectivity index (χ0v) is 22.5. The van der Waals surface area contributed by atoms with Crippen LogP contribution in [0, 0.1) is 11.8 Å². The molecule has 38 heavy (non-hydrogen) atoms. The van der Waals surface area contributed by atoms with Crippen LogP contribution in [-0.2, 0) is 18.9 Å². The highest BCUT2D eigenvalue weighted by Crippen LogP contribution is 2.45. The number of rotatable bonds is 6. The van der Waals surface area contributed by atoms with E-state index in [0.717, 1.165) is 51.4 Å². The number of hydrogen-bond acceptors (Lipinski definition) is 6. The molecule has 0 bridgehead atoms. The fourth-order valence-corrected chi connectivity index (χ4v) is 7.13. The lowest BCUT2D eigenvalue weighted by atomic mass is 9.75. The zero-order valence-electron chi connectivity index (χ0n) is 22.5. The second-order valence-electron chi connectivity index (χ2n) is 11.3. The fraction of sp³-hybridized carbons (Fsp3) is 0.625. The Bertz CT molecular complexity index is 875. The lowest BCUT2D eigenvalue weighted by Gasteiger charge is -2.39. The van der Waals surface area contributed by atoms with E-state index in [0.29, 0.717) is 38.3 Å². The first-order valence-electron chi connectivity index (χ1n) is 14.5. The minimum Gasteiger partial charge on any atom is -0.396 e. The zero-order chi connectivity index (χ0) is 26.3. The van der Waals surface area contributed by atoms with Crippen LogP contribution in [0.5, 0.6) is 0 Å². The van der Waals surface area contributed by atoms with E-state index < -0.39 is 0 Å². The van der Waals surface area contributed by atoms with Gasteiger partial charge < -0.3 is 29.2 Å². The van der Waals surface area contributed by atoms with Gasteiger partial charge in [-0.1, -0.05) is 60.7 Å². The van der Waals surface area contributed by atoms with E-state index in [1.54, 1.807) is 0 Å². The van der Waals surface area contributed by atoms with Gasteiger partial charge in [0.25, 0.3) is 0 Å². The Hall–Kier alpha value is -1.80. The molecule has 2 aliphatic carbocycles. The van der Waals surface area contributed by atoms with Crippen LogP contribution in [-0.4, -0.2) is 61.4 Å². The van der Waals surface area contributed by atoms with Crippen molar-refractivity contribution in [3.05, 3.63) is 71.8 Å². The molecule has 6 nitrogen and oxygen atoms in total. The van der Waals surface area contributed by atoms with Crippen molar-refractivity contribution in [2.24, 2.45) is 11.8 Å². The first kappa shape index (κ1) is 27.8. The summed E-state index contributed by atoms with van der Waals surface area (Å²) in [6.45, 7) is 3.24. The molecule has 2 heterocycles. The summed E-state index contributed by atoms with van der Waals surface area (Å²) < 4.78 is 23.4. The molecule has 6 heteroatoms. The SMILES string of the molecule is OC[C@@H](c1ccccc1)C1CCCC2(C1)OCCO2.OC[C@@H](c1ccccc1)[C@@H]1CCCC2(C1)OCCO2. The van der Waals surface area contributed by atoms with E-state index in [-0.39, 0.29) is 36.6 Å². The first-order valence-corrected chi connectivity index (χ1v) is 14.5. The molecule has 0 radical (unpaired) electrons. The van der Waals surface area contributed by atoms with Crippen molar-refractivity contribution in [3.63, 3.8) is 0 Å². The van der Waals surface area contributed by atoms with Crippen LogP contribution in [0.4, 0.5) is 0 Å². The maximum absolute atomic E-state index is 9.78. The Kier molecular flexibility index (Phi) is 9.52. The summed E-state index contributed by atoms with van der Waals surface area (Å²) in [7, 11) is 0. The van der Waals surface area contributed by atoms with E-state index in [1.165, 1.54) is 11.1 Å². The Morgan fingerprint density at radius 1 is 0.605 bits per heavy atom. The standard InChI is InChI=1S/2C16H22O3/c2*17-12-15(13-5-2-1-3-6-13)14-7-4-8-16(11-14)18-9-10-19-16/h2*1-3,5-6,14-15,17H,4,7-12H2/t14?,15-;14-,15+/m01/s1. The Balaban J connectivity index is 0.000000155. The third-order valence-corrected chi connectivity index (χ3v) is 9.03. The summed E-state index contributed by atoms with van der Waals surface area (Å²) >= 11 is 0. The third kappa shape index (κ3) is 6.49. The topological polar surface area (TPSA) is 77.4 Å². The van der Waals surface area contributed by atoms with Crippen molar-refractivity contribution in [1.29, 1.82) is 0 Å². The van der Waals surface area contributed by atoms with Crippen molar-refractivity contribution in [2.75, 3.05) is 39.6 Å². The van der Waals surface area contributed by atoms with Gasteiger partial charge in [0.2, 0.25) is 0 Å². The fourth-order valence-electron chi connectivity index (χ4n) is 7.13. The molecule has 4 atom stereocenters. The molecule has 2 aromatic carbocycles. The smallest absolute Gasteiger partial charge is 0.168 e. The molecule has 4 fully saturated rings. The van der Waals surface area contributed by atoms with Crippen molar-refractivity contribution < 1.29 is 29.2 Å². The van der Waals surface area contributed by atoms with Gasteiger partial charge in [0, 0.05) is 37.5 Å². The second kappa shape index (κ2) is 13.0. The number of aliphatic hydroxyl groups excluding tert-OH is 2. The van der Waals surface area contributed by atoms with Gasteiger partial charge in [-0.25, -0.2) is 0 Å². The lowest BCUT2D eigenvalue weighted by molar-refractivity contribution is -0.189. The van der Waals surface area contributed by atoms with Gasteiger partial charge in [-0.2, -0.15) is 0 Å². The van der Waals surface area contributed by atoms with Crippen LogP contribution in [0.15, 0.2) is 60.7 Å². The van der Waals surface area contributed by atoms with Gasteiger partial charge >= 0.3 is 0 Å². The molecule has 2 saturated heterocycles. The number of aliphatic hydroxyl groups is 2. The van der Waals surface area contributed by atoms with Crippen LogP contribution < -0.4 is 0 Å². The van der Waals surface area contributed by atoms with Gasteiger partial charge in [0.05, 0.1) is 39.6 Å². The number of ether oxygens (including phenoxy) is 4. The summed E-state index contributed by atoms with van der Waals surface area (Å²) in [5, 5.41) is 19.6. The second-order valence-corrected chi connectivity index (χ2v) is 11.3. The Morgan fingerprint density at radius 3 is 1.32 bits per heavy atom. The van der Waals surface area contributed by atoms with Crippen LogP contribution in [0.3, 0.4) is 0 Å². The summed E-state index contributed by atoms with van der Waals surface area (Å²) in [6, 6.07) is 20.6. The summed E-state index contributed by atoms with van der Waals surface area (Å²) in [6.07, 6.45) is 8.35. The van der Waals surface area contributed by atoms with E-state index in [4.69, 9.17) is 18.9 Å². The molecule has 208 valence electrons. The first-order chi connectivity index (χ1) is 18.7. The monoisotopic (exact) mass is 524 g/mol. The van der Waals surface area contributed by atoms with E-state index in [2.05, 4.69) is 24.3 Å². The summed E-state index contributed by atoms with van der Waals surface area (Å²) in [5.74, 6) is 0.576. The van der Waals surface area contributed by atoms with Crippen molar-refractivity contribution in [2.45, 2.75) is 74.8 Å². The van der Waals surface area contributed by atoms with E-state index in [1.807, 2.05) is 36.4 Å². The molecule has 2 saturated carbocycles. The van der Waals surface area contributed by atoms with E-state index in [9.17, 15) is 10.2 Å². The Labute approximate surface area is 227 Å². The molecule has 2 spiro atoms. The molecular weight excluding hydrogens is 480 g/mol. The maximum Gasteiger partial charge on any atom is 0.168 e. The van der Waals surface area contributed by atoms with Crippen molar-refractivity contribution in [1.82, 2.24) is 0 Å². The summed E-state index contributed by atoms with van der Waals surface area (Å²) in [5.41, 5.74) is 2.45. The minimum atomic E-state index is -0.356. The van der Waals surface area contributed by atoms with Gasteiger partial charge in [-0.15, -0.1) is 0 Å². The molecule has 4 aliphatic rings. The molecule has 6 rings (SSSR count). The molecule has 2 aromatic rings. The molecule has 2 N–H and O–H groups in total. The van der Waals surface area contributed by atoms with Crippen LogP contribution in [0.1, 0.15) is 74.3 Å². The normalized spacial score (nSPS) is 27.5. The number of hydrogen-bond donors (Lipinski definition) is 2. The molecule has 2 aliphatic heterocycles. The van der Waals surface area contributed by atoms with Crippen molar-refractivity contribution in [3.8, 4) is 0 Å². The highest BCUT2D eigenvalue weighted by Gasteiger charge is 2.44. The molecular formula is C32H44O6. The average molecular weight is 525 g/mol. The highest BCUT2D eigenvalue weighted by molar-refractivity contribution is 5.22. The van der Waals surface area contributed by atoms with Crippen LogP contribution >= 0.6 is 0 Å². The quantitative estimate of drug-likeness (QED) is 0.528. The molecule has 0 amide bonds. The minimum absolute atomic E-state index is 0.199. The lowest BCUT2D eigenvalue weighted by Crippen LogP contribution is -2.38. The Morgan fingerprint density at radius 2 is 0.974 bits per heavy atom. The number of benzene rings is 2. The predicted octanol–water partition coefficient (Wildman–Crippen LogP) is 5.39. The molecule has 1 unspecified atom stereocenters. The van der Waals surface area contributed by atoms with Crippen molar-refractivity contribution >= 4 is 0 Å². The van der Waals surface area contributed by atoms with Gasteiger partial charge in [-0.05, 0) is 48.6 Å². The third-order valence-electron chi connectivity index (χ3n) is 9.03. The maximum atomic E-state index is 9.78. The highest BCUT2D eigenvalue weighted by atomic mass is 16.7. The van der Waals surface area contributed by atoms with Crippen LogP contribution in [0.25, 0.3) is 0 Å². The van der Waals surface area contributed by atoms with E-state index >= 15 is 0 Å². The van der Waals surface area contributed by atoms with Gasteiger partial charge in [0.15, 0.2) is 11.6 Å². The summed E-state index contributed by atoms with van der Waals surface area (Å²) in [4.78, 5) is 0. The van der Waals surface area contributed by atoms with Gasteiger partial charge in [0.1, 0.15) is 0 Å². The predicted molar refractivity (Wildman–Crippen MR) is 146 cm³/mol. The van der Waals surface area contributed by atoms with Crippen LogP contribution in [0.2, 0.25) is 0 Å². The van der Waals surface area contributed by atoms with Gasteiger partial charge in [-0.3, -0.25) is 0 Å². The largest absolute Gasteiger partial charge is 0.396 e. The average Bonchev–Trinajstić information content (AvgIpc) is 3.61.